The Morgan fingerprint density at radius 3 is 2.88 bits per heavy atom. The Morgan fingerprint density at radius 1 is 1.62 bits per heavy atom. The highest BCUT2D eigenvalue weighted by atomic mass is 32.1. The number of carboxylic acid groups (broad SMARTS) is 1. The van der Waals surface area contributed by atoms with Gasteiger partial charge in [-0.05, 0) is 6.42 Å². The van der Waals surface area contributed by atoms with Gasteiger partial charge in [0.25, 0.3) is 0 Å². The molecule has 0 bridgehead atoms. The summed E-state index contributed by atoms with van der Waals surface area (Å²) in [6.45, 7) is 2.94. The lowest BCUT2D eigenvalue weighted by Gasteiger charge is -2.12. The number of carboxylic acids is 1. The SMILES string of the molecule is CC(=O)N1CCC(c2nc(C(=O)O)cs2)C1. The van der Waals surface area contributed by atoms with Crippen LogP contribution in [0.5, 0.6) is 0 Å². The lowest BCUT2D eigenvalue weighted by molar-refractivity contribution is -0.127. The number of likely N-dealkylation sites (tertiary alicyclic amines) is 1. The standard InChI is InChI=1S/C10H12N2O3S/c1-6(13)12-3-2-7(4-12)9-11-8(5-16-9)10(14)15/h5,7H,2-4H2,1H3,(H,14,15). The van der Waals surface area contributed by atoms with Crippen LogP contribution in [0, 0.1) is 0 Å². The number of aromatic carboxylic acids is 1. The first-order chi connectivity index (χ1) is 7.58. The second-order valence-electron chi connectivity index (χ2n) is 3.83. The summed E-state index contributed by atoms with van der Waals surface area (Å²) < 4.78 is 0. The fourth-order valence-electron chi connectivity index (χ4n) is 1.82. The molecule has 2 rings (SSSR count). The third kappa shape index (κ3) is 2.06. The first kappa shape index (κ1) is 11.1. The molecule has 0 aromatic carbocycles. The highest BCUT2D eigenvalue weighted by molar-refractivity contribution is 7.09. The maximum Gasteiger partial charge on any atom is 0.355 e. The smallest absolute Gasteiger partial charge is 0.355 e. The Morgan fingerprint density at radius 2 is 2.38 bits per heavy atom. The van der Waals surface area contributed by atoms with Crippen molar-refractivity contribution in [2.45, 2.75) is 19.3 Å². The van der Waals surface area contributed by atoms with Gasteiger partial charge in [0.05, 0.1) is 5.01 Å². The minimum absolute atomic E-state index is 0.0671. The van der Waals surface area contributed by atoms with E-state index in [2.05, 4.69) is 4.98 Å². The normalized spacial score (nSPS) is 20.1. The zero-order valence-electron chi connectivity index (χ0n) is 8.84. The quantitative estimate of drug-likeness (QED) is 0.842. The van der Waals surface area contributed by atoms with Crippen LogP contribution in [0.1, 0.15) is 34.8 Å². The monoisotopic (exact) mass is 240 g/mol. The van der Waals surface area contributed by atoms with Gasteiger partial charge < -0.3 is 10.0 Å². The van der Waals surface area contributed by atoms with Crippen molar-refractivity contribution >= 4 is 23.2 Å². The van der Waals surface area contributed by atoms with Crippen molar-refractivity contribution in [3.05, 3.63) is 16.1 Å². The van der Waals surface area contributed by atoms with Gasteiger partial charge >= 0.3 is 5.97 Å². The van der Waals surface area contributed by atoms with Crippen LogP contribution in [-0.2, 0) is 4.79 Å². The molecule has 1 aliphatic heterocycles. The molecule has 1 amide bonds. The van der Waals surface area contributed by atoms with Crippen LogP contribution >= 0.6 is 11.3 Å². The highest BCUT2D eigenvalue weighted by Gasteiger charge is 2.27. The van der Waals surface area contributed by atoms with Crippen LogP contribution in [0.25, 0.3) is 0 Å². The third-order valence-corrected chi connectivity index (χ3v) is 3.73. The van der Waals surface area contributed by atoms with Crippen LogP contribution < -0.4 is 0 Å². The molecule has 1 aromatic rings. The van der Waals surface area contributed by atoms with Gasteiger partial charge in [-0.15, -0.1) is 11.3 Å². The summed E-state index contributed by atoms with van der Waals surface area (Å²) in [5.41, 5.74) is 0.0984. The molecule has 2 heterocycles. The Kier molecular flexibility index (Phi) is 2.91. The molecular weight excluding hydrogens is 228 g/mol. The van der Waals surface area contributed by atoms with Crippen LogP contribution in [0.3, 0.4) is 0 Å². The molecule has 0 aliphatic carbocycles. The van der Waals surface area contributed by atoms with Gasteiger partial charge in [-0.25, -0.2) is 9.78 Å². The van der Waals surface area contributed by atoms with Crippen molar-refractivity contribution < 1.29 is 14.7 Å². The molecule has 1 fully saturated rings. The van der Waals surface area contributed by atoms with E-state index in [0.717, 1.165) is 18.0 Å². The van der Waals surface area contributed by atoms with Gasteiger partial charge in [-0.3, -0.25) is 4.79 Å². The van der Waals surface area contributed by atoms with E-state index in [-0.39, 0.29) is 17.5 Å². The summed E-state index contributed by atoms with van der Waals surface area (Å²) in [4.78, 5) is 27.7. The lowest BCUT2D eigenvalue weighted by Crippen LogP contribution is -2.25. The lowest BCUT2D eigenvalue weighted by atomic mass is 10.1. The van der Waals surface area contributed by atoms with Crippen LogP contribution in [-0.4, -0.2) is 40.0 Å². The predicted molar refractivity (Wildman–Crippen MR) is 58.7 cm³/mol. The first-order valence-electron chi connectivity index (χ1n) is 5.02. The molecule has 1 aromatic heterocycles. The minimum Gasteiger partial charge on any atom is -0.476 e. The molecule has 16 heavy (non-hydrogen) atoms. The van der Waals surface area contributed by atoms with Gasteiger partial charge in [0.1, 0.15) is 0 Å². The predicted octanol–water partition coefficient (Wildman–Crippen LogP) is 1.18. The van der Waals surface area contributed by atoms with Crippen molar-refractivity contribution in [3.8, 4) is 0 Å². The summed E-state index contributed by atoms with van der Waals surface area (Å²) in [5.74, 6) is -0.733. The molecule has 1 atom stereocenters. The second-order valence-corrected chi connectivity index (χ2v) is 4.72. The van der Waals surface area contributed by atoms with E-state index in [1.807, 2.05) is 0 Å². The zero-order chi connectivity index (χ0) is 11.7. The largest absolute Gasteiger partial charge is 0.476 e. The Hall–Kier alpha value is -1.43. The minimum atomic E-state index is -0.996. The number of aromatic nitrogens is 1. The van der Waals surface area contributed by atoms with E-state index in [4.69, 9.17) is 5.11 Å². The van der Waals surface area contributed by atoms with E-state index in [1.165, 1.54) is 11.3 Å². The maximum absolute atomic E-state index is 11.2. The maximum atomic E-state index is 11.2. The zero-order valence-corrected chi connectivity index (χ0v) is 9.66. The molecular formula is C10H12N2O3S. The van der Waals surface area contributed by atoms with Crippen LogP contribution in [0.2, 0.25) is 0 Å². The van der Waals surface area contributed by atoms with Crippen molar-refractivity contribution in [2.75, 3.05) is 13.1 Å². The number of hydrogen-bond acceptors (Lipinski definition) is 4. The molecule has 1 saturated heterocycles. The summed E-state index contributed by atoms with van der Waals surface area (Å²) in [6.07, 6.45) is 0.867. The summed E-state index contributed by atoms with van der Waals surface area (Å²) in [7, 11) is 0. The van der Waals surface area contributed by atoms with E-state index in [0.29, 0.717) is 6.54 Å². The fourth-order valence-corrected chi connectivity index (χ4v) is 2.74. The Labute approximate surface area is 96.7 Å². The average molecular weight is 240 g/mol. The first-order valence-corrected chi connectivity index (χ1v) is 5.90. The molecule has 6 heteroatoms. The van der Waals surface area contributed by atoms with E-state index < -0.39 is 5.97 Å². The molecule has 0 saturated carbocycles. The van der Waals surface area contributed by atoms with Gasteiger partial charge in [-0.2, -0.15) is 0 Å². The Bertz CT molecular complexity index is 429. The molecule has 1 N–H and O–H groups in total. The molecule has 1 unspecified atom stereocenters. The number of carbonyl (C=O) groups excluding carboxylic acids is 1. The van der Waals surface area contributed by atoms with Crippen LogP contribution in [0.15, 0.2) is 5.38 Å². The molecule has 0 radical (unpaired) electrons. The van der Waals surface area contributed by atoms with Crippen LogP contribution in [0.4, 0.5) is 0 Å². The van der Waals surface area contributed by atoms with Crippen molar-refractivity contribution in [1.29, 1.82) is 0 Å². The van der Waals surface area contributed by atoms with Crippen molar-refractivity contribution in [1.82, 2.24) is 9.88 Å². The summed E-state index contributed by atoms with van der Waals surface area (Å²) in [6, 6.07) is 0. The average Bonchev–Trinajstić information content (AvgIpc) is 2.86. The molecule has 0 spiro atoms. The van der Waals surface area contributed by atoms with Crippen molar-refractivity contribution in [3.63, 3.8) is 0 Å². The van der Waals surface area contributed by atoms with Crippen molar-refractivity contribution in [2.24, 2.45) is 0 Å². The van der Waals surface area contributed by atoms with E-state index >= 15 is 0 Å². The topological polar surface area (TPSA) is 70.5 Å². The van der Waals surface area contributed by atoms with Gasteiger partial charge in [-0.1, -0.05) is 0 Å². The molecule has 1 aliphatic rings. The molecule has 5 nitrogen and oxygen atoms in total. The number of rotatable bonds is 2. The number of carbonyl (C=O) groups is 2. The summed E-state index contributed by atoms with van der Waals surface area (Å²) in [5, 5.41) is 11.1. The third-order valence-electron chi connectivity index (χ3n) is 2.72. The number of nitrogens with zero attached hydrogens (tertiary/aromatic N) is 2. The summed E-state index contributed by atoms with van der Waals surface area (Å²) >= 11 is 1.36. The van der Waals surface area contributed by atoms with Gasteiger partial charge in [0.15, 0.2) is 5.69 Å². The van der Waals surface area contributed by atoms with E-state index in [1.54, 1.807) is 17.2 Å². The Balaban J connectivity index is 2.08. The number of thiazole rings is 1. The van der Waals surface area contributed by atoms with Gasteiger partial charge in [0, 0.05) is 31.3 Å². The van der Waals surface area contributed by atoms with E-state index in [9.17, 15) is 9.59 Å². The second kappa shape index (κ2) is 4.21. The van der Waals surface area contributed by atoms with Gasteiger partial charge in [0.2, 0.25) is 5.91 Å². The molecule has 86 valence electrons. The number of hydrogen-bond donors (Lipinski definition) is 1. The highest BCUT2D eigenvalue weighted by Crippen LogP contribution is 2.29. The fraction of sp³-hybridized carbons (Fsp3) is 0.500. The number of amides is 1.